The van der Waals surface area contributed by atoms with Gasteiger partial charge in [-0.25, -0.2) is 4.39 Å². The largest absolute Gasteiger partial charge is 0.408 e. The van der Waals surface area contributed by atoms with Crippen LogP contribution in [0.3, 0.4) is 0 Å². The molecule has 3 atom stereocenters. The summed E-state index contributed by atoms with van der Waals surface area (Å²) >= 11 is 0. The number of halogens is 1. The predicted octanol–water partition coefficient (Wildman–Crippen LogP) is 1.23. The number of carbonyl (C=O) groups excluding carboxylic acids is 1. The van der Waals surface area contributed by atoms with Crippen LogP contribution in [0.1, 0.15) is 32.1 Å². The van der Waals surface area contributed by atoms with Crippen molar-refractivity contribution in [1.29, 1.82) is 0 Å². The molecule has 1 amide bonds. The molecule has 0 unspecified atom stereocenters. The Morgan fingerprint density at radius 3 is 2.96 bits per heavy atom. The maximum atomic E-state index is 13.7. The molecule has 7 nitrogen and oxygen atoms in total. The molecule has 1 N–H and O–H groups in total. The number of hydrogen-bond donors (Lipinski definition) is 1. The van der Waals surface area contributed by atoms with Crippen molar-refractivity contribution in [3.63, 3.8) is 0 Å². The van der Waals surface area contributed by atoms with Crippen LogP contribution in [0.5, 0.6) is 0 Å². The molecule has 3 rings (SSSR count). The number of anilines is 1. The first-order chi connectivity index (χ1) is 11.0. The average Bonchev–Trinajstić information content (AvgIpc) is 3.14. The summed E-state index contributed by atoms with van der Waals surface area (Å²) in [5.41, 5.74) is 0. The van der Waals surface area contributed by atoms with E-state index in [4.69, 9.17) is 9.15 Å². The molecule has 128 valence electrons. The van der Waals surface area contributed by atoms with E-state index in [2.05, 4.69) is 15.5 Å². The second-order valence-electron chi connectivity index (χ2n) is 6.41. The molecule has 1 aliphatic carbocycles. The van der Waals surface area contributed by atoms with E-state index in [1.807, 2.05) is 0 Å². The standard InChI is InChI=1S/C15H23FN4O3/c1-9(22-8-11-3-4-11)14(21)17-6-13-5-12(16)7-20(13)15-19-18-10(2)23-15/h9,11-13H,3-8H2,1-2H3,(H,17,21)/t9-,12+,13+/m1/s1. The molecule has 1 aromatic heterocycles. The topological polar surface area (TPSA) is 80.5 Å². The molecular formula is C15H23FN4O3. The molecule has 2 heterocycles. The van der Waals surface area contributed by atoms with Gasteiger partial charge in [-0.2, -0.15) is 0 Å². The van der Waals surface area contributed by atoms with E-state index in [9.17, 15) is 9.18 Å². The van der Waals surface area contributed by atoms with Crippen molar-refractivity contribution in [1.82, 2.24) is 15.5 Å². The minimum atomic E-state index is -0.965. The summed E-state index contributed by atoms with van der Waals surface area (Å²) in [6.07, 6.45) is 1.25. The summed E-state index contributed by atoms with van der Waals surface area (Å²) < 4.78 is 24.7. The first kappa shape index (κ1) is 16.2. The number of rotatable bonds is 7. The van der Waals surface area contributed by atoms with Gasteiger partial charge in [0.05, 0.1) is 19.2 Å². The summed E-state index contributed by atoms with van der Waals surface area (Å²) in [5, 5.41) is 10.5. The van der Waals surface area contributed by atoms with E-state index in [1.54, 1.807) is 18.7 Å². The third-order valence-corrected chi connectivity index (χ3v) is 4.28. The average molecular weight is 326 g/mol. The second kappa shape index (κ2) is 6.82. The molecule has 0 radical (unpaired) electrons. The van der Waals surface area contributed by atoms with Gasteiger partial charge in [-0.15, -0.1) is 5.10 Å². The van der Waals surface area contributed by atoms with E-state index < -0.39 is 12.3 Å². The Morgan fingerprint density at radius 2 is 2.30 bits per heavy atom. The van der Waals surface area contributed by atoms with Crippen molar-refractivity contribution in [2.45, 2.75) is 51.4 Å². The third kappa shape index (κ3) is 4.19. The highest BCUT2D eigenvalue weighted by Gasteiger charge is 2.35. The van der Waals surface area contributed by atoms with Gasteiger partial charge in [0.1, 0.15) is 12.3 Å². The Bertz CT molecular complexity index is 549. The lowest BCUT2D eigenvalue weighted by Gasteiger charge is -2.23. The van der Waals surface area contributed by atoms with Gasteiger partial charge in [-0.05, 0) is 25.7 Å². The lowest BCUT2D eigenvalue weighted by Crippen LogP contribution is -2.43. The third-order valence-electron chi connectivity index (χ3n) is 4.28. The van der Waals surface area contributed by atoms with Crippen molar-refractivity contribution in [3.8, 4) is 0 Å². The highest BCUT2D eigenvalue weighted by atomic mass is 19.1. The molecular weight excluding hydrogens is 303 g/mol. The number of aryl methyl sites for hydroxylation is 1. The molecule has 1 saturated carbocycles. The first-order valence-electron chi connectivity index (χ1n) is 8.13. The molecule has 1 aromatic rings. The fraction of sp³-hybridized carbons (Fsp3) is 0.800. The van der Waals surface area contributed by atoms with Crippen LogP contribution >= 0.6 is 0 Å². The van der Waals surface area contributed by atoms with Gasteiger partial charge in [-0.3, -0.25) is 4.79 Å². The number of nitrogens with zero attached hydrogens (tertiary/aromatic N) is 3. The number of ether oxygens (including phenoxy) is 1. The van der Waals surface area contributed by atoms with E-state index in [-0.39, 0.29) is 18.5 Å². The lowest BCUT2D eigenvalue weighted by molar-refractivity contribution is -0.132. The molecule has 23 heavy (non-hydrogen) atoms. The smallest absolute Gasteiger partial charge is 0.318 e. The molecule has 0 aromatic carbocycles. The number of carbonyl (C=O) groups is 1. The Kier molecular flexibility index (Phi) is 4.79. The first-order valence-corrected chi connectivity index (χ1v) is 8.13. The summed E-state index contributed by atoms with van der Waals surface area (Å²) in [5.74, 6) is 0.880. The van der Waals surface area contributed by atoms with Crippen LogP contribution in [0.15, 0.2) is 4.42 Å². The summed E-state index contributed by atoms with van der Waals surface area (Å²) in [6, 6.07) is 0.115. The minimum Gasteiger partial charge on any atom is -0.408 e. The van der Waals surface area contributed by atoms with Crippen LogP contribution in [-0.4, -0.2) is 54.1 Å². The van der Waals surface area contributed by atoms with Gasteiger partial charge in [0, 0.05) is 19.9 Å². The van der Waals surface area contributed by atoms with Crippen molar-refractivity contribution >= 4 is 11.9 Å². The Morgan fingerprint density at radius 1 is 1.52 bits per heavy atom. The Balaban J connectivity index is 1.50. The van der Waals surface area contributed by atoms with Crippen molar-refractivity contribution in [3.05, 3.63) is 5.89 Å². The SMILES string of the molecule is Cc1nnc(N2C[C@@H](F)C[C@H]2CNC(=O)[C@@H](C)OCC2CC2)o1. The van der Waals surface area contributed by atoms with E-state index in [0.29, 0.717) is 37.4 Å². The molecule has 2 fully saturated rings. The van der Waals surface area contributed by atoms with Gasteiger partial charge < -0.3 is 19.4 Å². The highest BCUT2D eigenvalue weighted by molar-refractivity contribution is 5.80. The molecule has 0 bridgehead atoms. The van der Waals surface area contributed by atoms with Crippen LogP contribution in [0.4, 0.5) is 10.4 Å². The zero-order chi connectivity index (χ0) is 16.4. The molecule has 0 spiro atoms. The van der Waals surface area contributed by atoms with Crippen LogP contribution in [-0.2, 0) is 9.53 Å². The maximum absolute atomic E-state index is 13.7. The van der Waals surface area contributed by atoms with Gasteiger partial charge in [0.2, 0.25) is 11.8 Å². The van der Waals surface area contributed by atoms with Crippen LogP contribution < -0.4 is 10.2 Å². The number of nitrogens with one attached hydrogen (secondary N) is 1. The minimum absolute atomic E-state index is 0.172. The Labute approximate surface area is 134 Å². The fourth-order valence-corrected chi connectivity index (χ4v) is 2.69. The lowest BCUT2D eigenvalue weighted by atomic mass is 10.2. The normalized spacial score (nSPS) is 25.6. The number of alkyl halides is 1. The highest BCUT2D eigenvalue weighted by Crippen LogP contribution is 2.29. The van der Waals surface area contributed by atoms with Crippen LogP contribution in [0, 0.1) is 12.8 Å². The molecule has 2 aliphatic rings. The summed E-state index contributed by atoms with van der Waals surface area (Å²) in [6.45, 7) is 4.60. The van der Waals surface area contributed by atoms with Crippen molar-refractivity contribution in [2.24, 2.45) is 5.92 Å². The monoisotopic (exact) mass is 326 g/mol. The summed E-state index contributed by atoms with van der Waals surface area (Å²) in [7, 11) is 0. The van der Waals surface area contributed by atoms with Gasteiger partial charge in [0.25, 0.3) is 0 Å². The number of aromatic nitrogens is 2. The fourth-order valence-electron chi connectivity index (χ4n) is 2.69. The summed E-state index contributed by atoms with van der Waals surface area (Å²) in [4.78, 5) is 13.8. The maximum Gasteiger partial charge on any atom is 0.318 e. The van der Waals surface area contributed by atoms with Crippen LogP contribution in [0.2, 0.25) is 0 Å². The van der Waals surface area contributed by atoms with Crippen molar-refractivity contribution < 1.29 is 18.3 Å². The molecule has 8 heteroatoms. The van der Waals surface area contributed by atoms with Gasteiger partial charge >= 0.3 is 6.01 Å². The van der Waals surface area contributed by atoms with E-state index in [0.717, 1.165) is 0 Å². The quantitative estimate of drug-likeness (QED) is 0.812. The predicted molar refractivity (Wildman–Crippen MR) is 80.8 cm³/mol. The van der Waals surface area contributed by atoms with Crippen molar-refractivity contribution in [2.75, 3.05) is 24.6 Å². The number of hydrogen-bond acceptors (Lipinski definition) is 6. The Hall–Kier alpha value is -1.70. The zero-order valence-electron chi connectivity index (χ0n) is 13.5. The number of amides is 1. The molecule has 1 saturated heterocycles. The van der Waals surface area contributed by atoms with E-state index >= 15 is 0 Å². The molecule has 1 aliphatic heterocycles. The second-order valence-corrected chi connectivity index (χ2v) is 6.41. The van der Waals surface area contributed by atoms with Gasteiger partial charge in [0.15, 0.2) is 0 Å². The zero-order valence-corrected chi connectivity index (χ0v) is 13.5. The van der Waals surface area contributed by atoms with Gasteiger partial charge in [-0.1, -0.05) is 5.10 Å². The van der Waals surface area contributed by atoms with Crippen LogP contribution in [0.25, 0.3) is 0 Å². The van der Waals surface area contributed by atoms with E-state index in [1.165, 1.54) is 12.8 Å².